The van der Waals surface area contributed by atoms with E-state index < -0.39 is 0 Å². The Labute approximate surface area is 165 Å². The minimum absolute atomic E-state index is 0.000158. The standard InChI is InChI=1S/C21H28N4O3/c1-15(26)23-13-19(27)25-9-4-16-12-17(2-3-18(16)25)20(28)24-10-6-21(7-11-24)5-8-22-14-21/h2-3,12,22H,4-11,13-14H2,1H3,(H,23,26). The van der Waals surface area contributed by atoms with Gasteiger partial charge in [0.05, 0.1) is 6.54 Å². The topological polar surface area (TPSA) is 81.8 Å². The van der Waals surface area contributed by atoms with Gasteiger partial charge in [0.2, 0.25) is 11.8 Å². The number of rotatable bonds is 3. The number of carbonyl (C=O) groups excluding carboxylic acids is 3. The first kappa shape index (κ1) is 18.9. The van der Waals surface area contributed by atoms with E-state index in [1.165, 1.54) is 13.3 Å². The van der Waals surface area contributed by atoms with Crippen LogP contribution in [-0.2, 0) is 16.0 Å². The molecule has 4 rings (SSSR count). The average Bonchev–Trinajstić information content (AvgIpc) is 3.33. The minimum Gasteiger partial charge on any atom is -0.347 e. The van der Waals surface area contributed by atoms with Gasteiger partial charge in [0.25, 0.3) is 5.91 Å². The number of amides is 3. The summed E-state index contributed by atoms with van der Waals surface area (Å²) in [6, 6.07) is 5.63. The van der Waals surface area contributed by atoms with Crippen LogP contribution < -0.4 is 15.5 Å². The molecule has 3 amide bonds. The van der Waals surface area contributed by atoms with Crippen molar-refractivity contribution >= 4 is 23.4 Å². The lowest BCUT2D eigenvalue weighted by Crippen LogP contribution is -2.44. The van der Waals surface area contributed by atoms with E-state index in [1.54, 1.807) is 4.90 Å². The highest BCUT2D eigenvalue weighted by Crippen LogP contribution is 2.37. The highest BCUT2D eigenvalue weighted by molar-refractivity contribution is 6.00. The van der Waals surface area contributed by atoms with Crippen LogP contribution in [0.3, 0.4) is 0 Å². The largest absolute Gasteiger partial charge is 0.347 e. The van der Waals surface area contributed by atoms with Gasteiger partial charge in [0, 0.05) is 44.4 Å². The Hall–Kier alpha value is -2.41. The number of benzene rings is 1. The Kier molecular flexibility index (Phi) is 5.10. The van der Waals surface area contributed by atoms with Crippen molar-refractivity contribution in [1.29, 1.82) is 0 Å². The van der Waals surface area contributed by atoms with Gasteiger partial charge in [-0.2, -0.15) is 0 Å². The molecule has 3 aliphatic heterocycles. The molecule has 0 atom stereocenters. The second-order valence-electron chi connectivity index (χ2n) is 8.27. The summed E-state index contributed by atoms with van der Waals surface area (Å²) in [7, 11) is 0. The molecule has 7 heteroatoms. The van der Waals surface area contributed by atoms with Crippen molar-refractivity contribution in [3.05, 3.63) is 29.3 Å². The van der Waals surface area contributed by atoms with Crippen LogP contribution >= 0.6 is 0 Å². The van der Waals surface area contributed by atoms with Gasteiger partial charge in [-0.1, -0.05) is 0 Å². The molecular weight excluding hydrogens is 356 g/mol. The number of nitrogens with zero attached hydrogens (tertiary/aromatic N) is 2. The lowest BCUT2D eigenvalue weighted by atomic mass is 9.78. The fraction of sp³-hybridized carbons (Fsp3) is 0.571. The number of piperidine rings is 1. The van der Waals surface area contributed by atoms with Crippen LogP contribution in [-0.4, -0.2) is 61.9 Å². The lowest BCUT2D eigenvalue weighted by molar-refractivity contribution is -0.123. The van der Waals surface area contributed by atoms with Gasteiger partial charge in [-0.15, -0.1) is 0 Å². The maximum Gasteiger partial charge on any atom is 0.253 e. The molecule has 1 spiro atoms. The zero-order valence-electron chi connectivity index (χ0n) is 16.4. The lowest BCUT2D eigenvalue weighted by Gasteiger charge is -2.39. The summed E-state index contributed by atoms with van der Waals surface area (Å²) in [6.07, 6.45) is 4.09. The van der Waals surface area contributed by atoms with E-state index >= 15 is 0 Å². The van der Waals surface area contributed by atoms with Crippen molar-refractivity contribution < 1.29 is 14.4 Å². The number of hydrogen-bond acceptors (Lipinski definition) is 4. The SMILES string of the molecule is CC(=O)NCC(=O)N1CCc2cc(C(=O)N3CCC4(CCNC4)CC3)ccc21. The Morgan fingerprint density at radius 3 is 2.61 bits per heavy atom. The van der Waals surface area contributed by atoms with Gasteiger partial charge in [0.15, 0.2) is 0 Å². The second-order valence-corrected chi connectivity index (χ2v) is 8.27. The van der Waals surface area contributed by atoms with Crippen LogP contribution in [0.5, 0.6) is 0 Å². The molecule has 7 nitrogen and oxygen atoms in total. The van der Waals surface area contributed by atoms with Crippen LogP contribution in [0.2, 0.25) is 0 Å². The monoisotopic (exact) mass is 384 g/mol. The molecule has 0 aromatic heterocycles. The fourth-order valence-electron chi connectivity index (χ4n) is 4.68. The molecular formula is C21H28N4O3. The van der Waals surface area contributed by atoms with Crippen LogP contribution in [0.1, 0.15) is 42.1 Å². The molecule has 2 fully saturated rings. The number of likely N-dealkylation sites (tertiary alicyclic amines) is 1. The molecule has 0 radical (unpaired) electrons. The summed E-state index contributed by atoms with van der Waals surface area (Å²) in [5.41, 5.74) is 2.97. The van der Waals surface area contributed by atoms with Crippen LogP contribution in [0.25, 0.3) is 0 Å². The molecule has 3 heterocycles. The molecule has 0 saturated carbocycles. The number of hydrogen-bond donors (Lipinski definition) is 2. The summed E-state index contributed by atoms with van der Waals surface area (Å²) in [4.78, 5) is 40.0. The van der Waals surface area contributed by atoms with Crippen molar-refractivity contribution in [1.82, 2.24) is 15.5 Å². The molecule has 1 aromatic rings. The second kappa shape index (κ2) is 7.54. The van der Waals surface area contributed by atoms with Gasteiger partial charge >= 0.3 is 0 Å². The first-order valence-corrected chi connectivity index (χ1v) is 10.2. The van der Waals surface area contributed by atoms with Crippen molar-refractivity contribution in [2.45, 2.75) is 32.6 Å². The summed E-state index contributed by atoms with van der Waals surface area (Å²) < 4.78 is 0. The zero-order chi connectivity index (χ0) is 19.7. The highest BCUT2D eigenvalue weighted by atomic mass is 16.2. The average molecular weight is 384 g/mol. The van der Waals surface area contributed by atoms with E-state index in [-0.39, 0.29) is 24.3 Å². The Bertz CT molecular complexity index is 791. The molecule has 2 saturated heterocycles. The van der Waals surface area contributed by atoms with E-state index in [1.807, 2.05) is 23.1 Å². The summed E-state index contributed by atoms with van der Waals surface area (Å²) >= 11 is 0. The highest BCUT2D eigenvalue weighted by Gasteiger charge is 2.38. The van der Waals surface area contributed by atoms with Crippen LogP contribution in [0.4, 0.5) is 5.69 Å². The first-order valence-electron chi connectivity index (χ1n) is 10.2. The molecule has 2 N–H and O–H groups in total. The van der Waals surface area contributed by atoms with Gasteiger partial charge < -0.3 is 20.4 Å². The maximum atomic E-state index is 13.0. The normalized spacial score (nSPS) is 20.3. The van der Waals surface area contributed by atoms with E-state index in [4.69, 9.17) is 0 Å². The quantitative estimate of drug-likeness (QED) is 0.812. The van der Waals surface area contributed by atoms with E-state index in [2.05, 4.69) is 10.6 Å². The van der Waals surface area contributed by atoms with Crippen LogP contribution in [0, 0.1) is 5.41 Å². The third-order valence-corrected chi connectivity index (χ3v) is 6.46. The van der Waals surface area contributed by atoms with Crippen LogP contribution in [0.15, 0.2) is 18.2 Å². The fourth-order valence-corrected chi connectivity index (χ4v) is 4.68. The van der Waals surface area contributed by atoms with E-state index in [9.17, 15) is 14.4 Å². The van der Waals surface area contributed by atoms with Crippen molar-refractivity contribution in [2.24, 2.45) is 5.41 Å². The van der Waals surface area contributed by atoms with Crippen molar-refractivity contribution in [2.75, 3.05) is 44.2 Å². The Morgan fingerprint density at radius 2 is 1.93 bits per heavy atom. The number of nitrogens with one attached hydrogen (secondary N) is 2. The zero-order valence-corrected chi connectivity index (χ0v) is 16.4. The maximum absolute atomic E-state index is 13.0. The van der Waals surface area contributed by atoms with Gasteiger partial charge in [0.1, 0.15) is 0 Å². The van der Waals surface area contributed by atoms with Gasteiger partial charge in [-0.25, -0.2) is 0 Å². The molecule has 1 aromatic carbocycles. The molecule has 0 bridgehead atoms. The molecule has 28 heavy (non-hydrogen) atoms. The summed E-state index contributed by atoms with van der Waals surface area (Å²) in [5, 5.41) is 6.01. The third kappa shape index (κ3) is 3.63. The van der Waals surface area contributed by atoms with Gasteiger partial charge in [-0.3, -0.25) is 14.4 Å². The minimum atomic E-state index is -0.217. The number of anilines is 1. The molecule has 3 aliphatic rings. The van der Waals surface area contributed by atoms with Gasteiger partial charge in [-0.05, 0) is 61.4 Å². The Balaban J connectivity index is 1.41. The predicted octanol–water partition coefficient (Wildman–Crippen LogP) is 0.928. The first-order chi connectivity index (χ1) is 13.5. The Morgan fingerprint density at radius 1 is 1.14 bits per heavy atom. The smallest absolute Gasteiger partial charge is 0.253 e. The predicted molar refractivity (Wildman–Crippen MR) is 106 cm³/mol. The summed E-state index contributed by atoms with van der Waals surface area (Å²) in [6.45, 7) is 5.79. The summed E-state index contributed by atoms with van der Waals surface area (Å²) in [5.74, 6) is -0.253. The number of fused-ring (bicyclic) bond motifs is 1. The third-order valence-electron chi connectivity index (χ3n) is 6.46. The molecule has 0 unspecified atom stereocenters. The van der Waals surface area contributed by atoms with E-state index in [0.717, 1.165) is 56.7 Å². The van der Waals surface area contributed by atoms with Crippen molar-refractivity contribution in [3.8, 4) is 0 Å². The van der Waals surface area contributed by atoms with Crippen molar-refractivity contribution in [3.63, 3.8) is 0 Å². The molecule has 150 valence electrons. The molecule has 0 aliphatic carbocycles. The number of carbonyl (C=O) groups is 3. The van der Waals surface area contributed by atoms with E-state index in [0.29, 0.717) is 17.5 Å².